The Morgan fingerprint density at radius 3 is 2.63 bits per heavy atom. The summed E-state index contributed by atoms with van der Waals surface area (Å²) < 4.78 is 1.22. The number of hydrogen-bond donors (Lipinski definition) is 1. The second kappa shape index (κ2) is 4.52. The molecule has 3 atom stereocenters. The Morgan fingerprint density at radius 1 is 1.32 bits per heavy atom. The Balaban J connectivity index is 1.90. The van der Waals surface area contributed by atoms with Crippen LogP contribution in [0.1, 0.15) is 40.0 Å². The van der Waals surface area contributed by atoms with Crippen molar-refractivity contribution in [2.75, 3.05) is 5.32 Å². The summed E-state index contributed by atoms with van der Waals surface area (Å²) in [6.07, 6.45) is 4.14. The molecule has 2 fully saturated rings. The lowest BCUT2D eigenvalue weighted by Crippen LogP contribution is -2.45. The van der Waals surface area contributed by atoms with E-state index in [0.717, 1.165) is 10.9 Å². The predicted octanol–water partition coefficient (Wildman–Crippen LogP) is 5.57. The minimum atomic E-state index is 0.385. The van der Waals surface area contributed by atoms with Crippen molar-refractivity contribution in [2.45, 2.75) is 46.1 Å². The highest BCUT2D eigenvalue weighted by atomic mass is 127. The molecule has 1 nitrogen and oxygen atoms in total. The lowest BCUT2D eigenvalue weighted by Gasteiger charge is -2.43. The first-order valence-electron chi connectivity index (χ1n) is 7.04. The lowest BCUT2D eigenvalue weighted by atomic mass is 9.68. The van der Waals surface area contributed by atoms with E-state index in [1.54, 1.807) is 0 Å². The van der Waals surface area contributed by atoms with Crippen LogP contribution in [0.4, 0.5) is 5.69 Å². The molecule has 0 amide bonds. The van der Waals surface area contributed by atoms with Gasteiger partial charge in [-0.25, -0.2) is 0 Å². The van der Waals surface area contributed by atoms with E-state index in [1.807, 2.05) is 12.1 Å². The molecule has 1 aromatic rings. The van der Waals surface area contributed by atoms with Crippen LogP contribution in [0.2, 0.25) is 5.02 Å². The number of anilines is 1. The number of rotatable bonds is 2. The summed E-state index contributed by atoms with van der Waals surface area (Å²) in [4.78, 5) is 0. The Hall–Kier alpha value is 0.0400. The first-order valence-corrected chi connectivity index (χ1v) is 8.50. The monoisotopic (exact) mass is 389 g/mol. The van der Waals surface area contributed by atoms with Gasteiger partial charge in [0.15, 0.2) is 0 Å². The summed E-state index contributed by atoms with van der Waals surface area (Å²) in [5.41, 5.74) is 2.07. The molecule has 0 spiro atoms. The molecule has 0 aliphatic heterocycles. The van der Waals surface area contributed by atoms with Gasteiger partial charge in [-0.05, 0) is 76.8 Å². The van der Waals surface area contributed by atoms with Crippen molar-refractivity contribution in [3.05, 3.63) is 26.8 Å². The molecule has 3 rings (SSSR count). The zero-order valence-corrected chi connectivity index (χ0v) is 14.7. The second-order valence-corrected chi connectivity index (χ2v) is 8.72. The standard InChI is InChI=1S/C16H21ClIN/c1-15(2)10-6-7-16(3,9-10)14(15)19-13-5-4-11(17)8-12(13)18/h4-5,8,10,14,19H,6-7,9H2,1-3H3. The normalized spacial score (nSPS) is 35.6. The van der Waals surface area contributed by atoms with Crippen LogP contribution in [0, 0.1) is 20.3 Å². The minimum Gasteiger partial charge on any atom is -0.380 e. The van der Waals surface area contributed by atoms with Gasteiger partial charge in [-0.3, -0.25) is 0 Å². The number of nitrogens with one attached hydrogen (secondary N) is 1. The average Bonchev–Trinajstić information content (AvgIpc) is 2.78. The van der Waals surface area contributed by atoms with Crippen molar-refractivity contribution >= 4 is 39.9 Å². The Labute approximate surface area is 134 Å². The van der Waals surface area contributed by atoms with Gasteiger partial charge in [-0.15, -0.1) is 0 Å². The molecule has 1 aromatic carbocycles. The van der Waals surface area contributed by atoms with Crippen LogP contribution in [0.5, 0.6) is 0 Å². The molecule has 2 aliphatic carbocycles. The first-order chi connectivity index (χ1) is 8.83. The topological polar surface area (TPSA) is 12.0 Å². The smallest absolute Gasteiger partial charge is 0.0479 e. The van der Waals surface area contributed by atoms with E-state index in [1.165, 1.54) is 28.5 Å². The number of benzene rings is 1. The molecule has 0 radical (unpaired) electrons. The molecular weight excluding hydrogens is 369 g/mol. The highest BCUT2D eigenvalue weighted by Gasteiger charge is 2.59. The van der Waals surface area contributed by atoms with E-state index in [-0.39, 0.29) is 0 Å². The van der Waals surface area contributed by atoms with Gasteiger partial charge < -0.3 is 5.32 Å². The summed E-state index contributed by atoms with van der Waals surface area (Å²) >= 11 is 8.42. The Bertz CT molecular complexity index is 509. The van der Waals surface area contributed by atoms with Crippen molar-refractivity contribution in [3.63, 3.8) is 0 Å². The van der Waals surface area contributed by atoms with Crippen LogP contribution >= 0.6 is 34.2 Å². The van der Waals surface area contributed by atoms with Crippen LogP contribution in [-0.2, 0) is 0 Å². The van der Waals surface area contributed by atoms with Gasteiger partial charge in [0, 0.05) is 20.3 Å². The van der Waals surface area contributed by atoms with Crippen molar-refractivity contribution in [1.29, 1.82) is 0 Å². The molecule has 0 heterocycles. The van der Waals surface area contributed by atoms with E-state index in [4.69, 9.17) is 11.6 Å². The van der Waals surface area contributed by atoms with Crippen LogP contribution in [-0.4, -0.2) is 6.04 Å². The third-order valence-corrected chi connectivity index (χ3v) is 6.63. The van der Waals surface area contributed by atoms with Crippen molar-refractivity contribution in [2.24, 2.45) is 16.7 Å². The van der Waals surface area contributed by atoms with E-state index >= 15 is 0 Å². The van der Waals surface area contributed by atoms with Crippen LogP contribution < -0.4 is 5.32 Å². The molecule has 104 valence electrons. The fourth-order valence-corrected chi connectivity index (χ4v) is 5.45. The minimum absolute atomic E-state index is 0.385. The zero-order chi connectivity index (χ0) is 13.8. The quantitative estimate of drug-likeness (QED) is 0.652. The molecular formula is C16H21ClIN. The van der Waals surface area contributed by atoms with Crippen LogP contribution in [0.15, 0.2) is 18.2 Å². The number of halogens is 2. The highest BCUT2D eigenvalue weighted by Crippen LogP contribution is 2.63. The largest absolute Gasteiger partial charge is 0.380 e. The van der Waals surface area contributed by atoms with Gasteiger partial charge in [0.25, 0.3) is 0 Å². The molecule has 2 saturated carbocycles. The lowest BCUT2D eigenvalue weighted by molar-refractivity contribution is 0.155. The fourth-order valence-electron chi connectivity index (χ4n) is 4.42. The first kappa shape index (κ1) is 14.0. The second-order valence-electron chi connectivity index (χ2n) is 7.12. The van der Waals surface area contributed by atoms with E-state index in [2.05, 4.69) is 54.7 Å². The summed E-state index contributed by atoms with van der Waals surface area (Å²) in [5, 5.41) is 4.65. The maximum atomic E-state index is 6.05. The number of fused-ring (bicyclic) bond motifs is 2. The Kier molecular flexibility index (Phi) is 3.33. The molecule has 0 saturated heterocycles. The molecule has 3 unspecified atom stereocenters. The van der Waals surface area contributed by atoms with Gasteiger partial charge in [0.2, 0.25) is 0 Å². The molecule has 19 heavy (non-hydrogen) atoms. The maximum Gasteiger partial charge on any atom is 0.0479 e. The van der Waals surface area contributed by atoms with Crippen molar-refractivity contribution < 1.29 is 0 Å². The fraction of sp³-hybridized carbons (Fsp3) is 0.625. The SMILES string of the molecule is CC12CCC(C1)C(C)(C)C2Nc1ccc(Cl)cc1I. The maximum absolute atomic E-state index is 6.05. The number of hydrogen-bond acceptors (Lipinski definition) is 1. The average molecular weight is 390 g/mol. The van der Waals surface area contributed by atoms with Gasteiger partial charge in [-0.1, -0.05) is 32.4 Å². The van der Waals surface area contributed by atoms with Crippen LogP contribution in [0.3, 0.4) is 0 Å². The third-order valence-electron chi connectivity index (χ3n) is 5.50. The highest BCUT2D eigenvalue weighted by molar-refractivity contribution is 14.1. The molecule has 0 aromatic heterocycles. The molecule has 2 aliphatic rings. The summed E-state index contributed by atoms with van der Waals surface area (Å²) in [6.45, 7) is 7.33. The molecule has 2 bridgehead atoms. The summed E-state index contributed by atoms with van der Waals surface area (Å²) in [7, 11) is 0. The molecule has 1 N–H and O–H groups in total. The van der Waals surface area contributed by atoms with E-state index in [0.29, 0.717) is 16.9 Å². The summed E-state index contributed by atoms with van der Waals surface area (Å²) in [6, 6.07) is 6.70. The van der Waals surface area contributed by atoms with E-state index in [9.17, 15) is 0 Å². The van der Waals surface area contributed by atoms with Gasteiger partial charge in [-0.2, -0.15) is 0 Å². The van der Waals surface area contributed by atoms with Crippen molar-refractivity contribution in [1.82, 2.24) is 0 Å². The third kappa shape index (κ3) is 2.19. The van der Waals surface area contributed by atoms with E-state index < -0.39 is 0 Å². The zero-order valence-electron chi connectivity index (χ0n) is 11.8. The van der Waals surface area contributed by atoms with Crippen molar-refractivity contribution in [3.8, 4) is 0 Å². The van der Waals surface area contributed by atoms with Gasteiger partial charge in [0.05, 0.1) is 0 Å². The predicted molar refractivity (Wildman–Crippen MR) is 90.8 cm³/mol. The summed E-state index contributed by atoms with van der Waals surface area (Å²) in [5.74, 6) is 0.875. The molecule has 3 heteroatoms. The van der Waals surface area contributed by atoms with Crippen LogP contribution in [0.25, 0.3) is 0 Å². The van der Waals surface area contributed by atoms with Gasteiger partial charge >= 0.3 is 0 Å². The Morgan fingerprint density at radius 2 is 2.05 bits per heavy atom. The van der Waals surface area contributed by atoms with Gasteiger partial charge in [0.1, 0.15) is 0 Å².